The lowest BCUT2D eigenvalue weighted by molar-refractivity contribution is -0.0955. The van der Waals surface area contributed by atoms with Gasteiger partial charge in [-0.2, -0.15) is 0 Å². The van der Waals surface area contributed by atoms with Crippen LogP contribution in [0.5, 0.6) is 5.75 Å². The highest BCUT2D eigenvalue weighted by molar-refractivity contribution is 8.11. The van der Waals surface area contributed by atoms with Crippen LogP contribution in [0, 0.1) is 11.8 Å². The number of fused-ring (bicyclic) bond motifs is 1. The van der Waals surface area contributed by atoms with Crippen molar-refractivity contribution in [2.45, 2.75) is 31.8 Å². The van der Waals surface area contributed by atoms with E-state index in [0.29, 0.717) is 11.3 Å². The van der Waals surface area contributed by atoms with Gasteiger partial charge in [-0.15, -0.1) is 0 Å². The van der Waals surface area contributed by atoms with Gasteiger partial charge in [-0.3, -0.25) is 14.3 Å². The minimum Gasteiger partial charge on any atom is -0.497 e. The third kappa shape index (κ3) is 5.68. The standard InChI is InChI=1S/C42H36N2O9S2/c1-51-32-24-22-31(23-25-32)41(29-14-6-2-7-15-29,30-16-8-3-9-17-30)52-28-35-37-38(39(53-35)44-27-26-36(45)43-40(44)46)42(37,54(47,48)33-18-10-4-11-19-33)55(49,50)34-20-12-5-13-21-34/h2-27,35,37-39H,28H2,1H3,(H,43,45,46)/t35-,37-,38-,39-/m1/s1. The van der Waals surface area contributed by atoms with Crippen LogP contribution in [0.4, 0.5) is 0 Å². The first-order chi connectivity index (χ1) is 26.6. The van der Waals surface area contributed by atoms with Crippen LogP contribution in [0.25, 0.3) is 0 Å². The molecule has 0 spiro atoms. The molecule has 0 radical (unpaired) electrons. The Morgan fingerprint density at radius 3 is 1.60 bits per heavy atom. The molecule has 1 aliphatic carbocycles. The number of methoxy groups -OCH3 is 1. The Kier molecular flexibility index (Phi) is 9.20. The molecule has 280 valence electrons. The fourth-order valence-electron chi connectivity index (χ4n) is 8.17. The maximum atomic E-state index is 15.1. The normalized spacial score (nSPS) is 20.4. The average molecular weight is 777 g/mol. The summed E-state index contributed by atoms with van der Waals surface area (Å²) >= 11 is 0. The number of hydrogen-bond donors (Lipinski definition) is 1. The van der Waals surface area contributed by atoms with Gasteiger partial charge in [-0.1, -0.05) is 109 Å². The Balaban J connectivity index is 1.33. The molecule has 0 unspecified atom stereocenters. The minimum atomic E-state index is -4.73. The van der Waals surface area contributed by atoms with Crippen molar-refractivity contribution < 1.29 is 31.0 Å². The minimum absolute atomic E-state index is 0.197. The molecule has 8 rings (SSSR count). The fourth-order valence-corrected chi connectivity index (χ4v) is 14.1. The van der Waals surface area contributed by atoms with E-state index >= 15 is 16.8 Å². The number of hydrogen-bond acceptors (Lipinski definition) is 9. The van der Waals surface area contributed by atoms with Crippen LogP contribution in [0.1, 0.15) is 22.9 Å². The first kappa shape index (κ1) is 36.4. The van der Waals surface area contributed by atoms with Crippen molar-refractivity contribution in [2.24, 2.45) is 11.8 Å². The van der Waals surface area contributed by atoms with Gasteiger partial charge in [0.25, 0.3) is 5.56 Å². The van der Waals surface area contributed by atoms with Crippen molar-refractivity contribution in [1.82, 2.24) is 9.55 Å². The van der Waals surface area contributed by atoms with Crippen LogP contribution in [-0.2, 0) is 34.7 Å². The summed E-state index contributed by atoms with van der Waals surface area (Å²) in [7, 11) is -7.89. The first-order valence-electron chi connectivity index (χ1n) is 17.5. The number of ether oxygens (including phenoxy) is 3. The number of nitrogens with zero attached hydrogens (tertiary/aromatic N) is 1. The predicted octanol–water partition coefficient (Wildman–Crippen LogP) is 5.34. The Hall–Kier alpha value is -5.60. The first-order valence-corrected chi connectivity index (χ1v) is 20.5. The topological polar surface area (TPSA) is 151 Å². The summed E-state index contributed by atoms with van der Waals surface area (Å²) in [6, 6.07) is 42.2. The van der Waals surface area contributed by atoms with E-state index in [1.807, 2.05) is 84.9 Å². The lowest BCUT2D eigenvalue weighted by Crippen LogP contribution is -2.45. The molecule has 11 nitrogen and oxygen atoms in total. The van der Waals surface area contributed by atoms with Crippen molar-refractivity contribution >= 4 is 19.7 Å². The lowest BCUT2D eigenvalue weighted by Gasteiger charge is -2.37. The largest absolute Gasteiger partial charge is 0.497 e. The Bertz CT molecular complexity index is 2540. The smallest absolute Gasteiger partial charge is 0.330 e. The number of aromatic amines is 1. The molecule has 2 fully saturated rings. The van der Waals surface area contributed by atoms with E-state index in [0.717, 1.165) is 21.8 Å². The molecule has 55 heavy (non-hydrogen) atoms. The zero-order valence-electron chi connectivity index (χ0n) is 29.5. The lowest BCUT2D eigenvalue weighted by atomic mass is 9.80. The predicted molar refractivity (Wildman–Crippen MR) is 204 cm³/mol. The molecular formula is C42H36N2O9S2. The zero-order valence-corrected chi connectivity index (χ0v) is 31.1. The van der Waals surface area contributed by atoms with Gasteiger partial charge in [-0.25, -0.2) is 21.6 Å². The van der Waals surface area contributed by atoms with Crippen LogP contribution in [0.3, 0.4) is 0 Å². The fraction of sp³-hybridized carbons (Fsp3) is 0.190. The molecular weight excluding hydrogens is 741 g/mol. The van der Waals surface area contributed by atoms with Gasteiger partial charge in [0.1, 0.15) is 17.6 Å². The van der Waals surface area contributed by atoms with Crippen LogP contribution >= 0.6 is 0 Å². The second kappa shape index (κ2) is 13.9. The van der Waals surface area contributed by atoms with Crippen LogP contribution in [-0.4, -0.2) is 50.3 Å². The molecule has 1 saturated heterocycles. The Morgan fingerprint density at radius 1 is 0.655 bits per heavy atom. The number of H-pyrrole nitrogens is 1. The molecule has 4 atom stereocenters. The summed E-state index contributed by atoms with van der Waals surface area (Å²) in [5, 5.41) is 0. The van der Waals surface area contributed by atoms with E-state index in [1.54, 1.807) is 19.2 Å². The van der Waals surface area contributed by atoms with Crippen molar-refractivity contribution in [2.75, 3.05) is 13.7 Å². The molecule has 1 aromatic heterocycles. The molecule has 1 aliphatic heterocycles. The van der Waals surface area contributed by atoms with E-state index < -0.39 is 64.8 Å². The van der Waals surface area contributed by atoms with Crippen LogP contribution in [0.15, 0.2) is 177 Å². The third-order valence-corrected chi connectivity index (χ3v) is 16.5. The molecule has 2 aliphatic rings. The second-order valence-electron chi connectivity index (χ2n) is 13.4. The highest BCUT2D eigenvalue weighted by atomic mass is 32.3. The van der Waals surface area contributed by atoms with Crippen molar-refractivity contribution in [3.05, 3.63) is 195 Å². The van der Waals surface area contributed by atoms with Crippen molar-refractivity contribution in [1.29, 1.82) is 0 Å². The van der Waals surface area contributed by atoms with Gasteiger partial charge < -0.3 is 14.2 Å². The van der Waals surface area contributed by atoms with Gasteiger partial charge in [0.05, 0.1) is 29.6 Å². The highest BCUT2D eigenvalue weighted by Crippen LogP contribution is 2.72. The zero-order chi connectivity index (χ0) is 38.4. The number of nitrogens with one attached hydrogen (secondary N) is 1. The summed E-state index contributed by atoms with van der Waals surface area (Å²) in [5.41, 5.74) is -0.676. The molecule has 0 bridgehead atoms. The molecule has 1 N–H and O–H groups in total. The average Bonchev–Trinajstić information content (AvgIpc) is 3.82. The third-order valence-electron chi connectivity index (χ3n) is 10.6. The number of rotatable bonds is 12. The Morgan fingerprint density at radius 2 is 1.13 bits per heavy atom. The maximum Gasteiger partial charge on any atom is 0.330 e. The number of benzene rings is 5. The summed E-state index contributed by atoms with van der Waals surface area (Å²) in [4.78, 5) is 27.3. The van der Waals surface area contributed by atoms with E-state index in [4.69, 9.17) is 14.2 Å². The van der Waals surface area contributed by atoms with Gasteiger partial charge in [0.15, 0.2) is 23.8 Å². The van der Waals surface area contributed by atoms with Gasteiger partial charge in [0, 0.05) is 24.1 Å². The number of aromatic nitrogens is 2. The van der Waals surface area contributed by atoms with Crippen LogP contribution < -0.4 is 16.0 Å². The van der Waals surface area contributed by atoms with Crippen molar-refractivity contribution in [3.8, 4) is 5.75 Å². The molecule has 6 aromatic rings. The van der Waals surface area contributed by atoms with Crippen molar-refractivity contribution in [3.63, 3.8) is 0 Å². The number of sulfone groups is 2. The summed E-state index contributed by atoms with van der Waals surface area (Å²) in [6.07, 6.45) is -1.41. The van der Waals surface area contributed by atoms with Gasteiger partial charge in [0.2, 0.25) is 0 Å². The summed E-state index contributed by atoms with van der Waals surface area (Å²) in [6.45, 7) is -0.304. The quantitative estimate of drug-likeness (QED) is 0.163. The molecule has 0 amide bonds. The molecule has 5 aromatic carbocycles. The molecule has 13 heteroatoms. The van der Waals surface area contributed by atoms with Crippen LogP contribution in [0.2, 0.25) is 0 Å². The summed E-state index contributed by atoms with van der Waals surface area (Å²) < 4.78 is 78.1. The molecule has 1 saturated carbocycles. The monoisotopic (exact) mass is 776 g/mol. The maximum absolute atomic E-state index is 15.1. The SMILES string of the molecule is COc1ccc(C(OC[C@H]2O[C@@H](n3ccc(=O)[nH]c3=O)[C@H]3[C@@H]2C3(S(=O)(=O)c2ccccc2)S(=O)(=O)c2ccccc2)(c2ccccc2)c2ccccc2)cc1. The second-order valence-corrected chi connectivity index (χ2v) is 18.0. The summed E-state index contributed by atoms with van der Waals surface area (Å²) in [5.74, 6) is -1.88. The van der Waals surface area contributed by atoms with E-state index in [9.17, 15) is 9.59 Å². The van der Waals surface area contributed by atoms with E-state index in [1.165, 1.54) is 54.7 Å². The molecule has 2 heterocycles. The Labute approximate surface area is 317 Å². The van der Waals surface area contributed by atoms with E-state index in [2.05, 4.69) is 4.98 Å². The van der Waals surface area contributed by atoms with Gasteiger partial charge >= 0.3 is 5.69 Å². The van der Waals surface area contributed by atoms with Gasteiger partial charge in [-0.05, 0) is 53.1 Å². The van der Waals surface area contributed by atoms with E-state index in [-0.39, 0.29) is 16.4 Å². The highest BCUT2D eigenvalue weighted by Gasteiger charge is 2.87.